The summed E-state index contributed by atoms with van der Waals surface area (Å²) < 4.78 is 5.39. The lowest BCUT2D eigenvalue weighted by Gasteiger charge is -2.21. The molecule has 0 bridgehead atoms. The van der Waals surface area contributed by atoms with Gasteiger partial charge < -0.3 is 0 Å². The average Bonchev–Trinajstić information content (AvgIpc) is 1.85. The molecule has 0 spiro atoms. The van der Waals surface area contributed by atoms with Crippen LogP contribution < -0.4 is 0 Å². The van der Waals surface area contributed by atoms with E-state index in [9.17, 15) is 0 Å². The van der Waals surface area contributed by atoms with Gasteiger partial charge in [0.25, 0.3) is 0 Å². The molecule has 0 aromatic heterocycles. The van der Waals surface area contributed by atoms with Crippen LogP contribution in [0.3, 0.4) is 0 Å². The molecule has 0 heterocycles. The maximum atomic E-state index is 5.39. The first-order valence-electron chi connectivity index (χ1n) is 4.27. The lowest BCUT2D eigenvalue weighted by molar-refractivity contribution is 0.158. The maximum Gasteiger partial charge on any atom is 0.225 e. The van der Waals surface area contributed by atoms with Crippen LogP contribution in [0.15, 0.2) is 17.5 Å². The fourth-order valence-corrected chi connectivity index (χ4v) is 3.11. The molecular formula is C10H19OSi+. The summed E-state index contributed by atoms with van der Waals surface area (Å²) in [7, 11) is -1.29. The molecule has 0 saturated heterocycles. The molecule has 1 nitrogen and oxygen atoms in total. The van der Waals surface area contributed by atoms with Crippen LogP contribution in [0, 0.1) is 6.61 Å². The van der Waals surface area contributed by atoms with Gasteiger partial charge in [0.2, 0.25) is 6.61 Å². The fraction of sp³-hybridized carbons (Fsp3) is 0.600. The summed E-state index contributed by atoms with van der Waals surface area (Å²) in [6.45, 7) is 16.2. The minimum absolute atomic E-state index is 0.138. The Hall–Kier alpha value is -0.433. The molecule has 0 radical (unpaired) electrons. The maximum absolute atomic E-state index is 5.39. The molecule has 0 aliphatic carbocycles. The van der Waals surface area contributed by atoms with E-state index in [1.807, 2.05) is 13.8 Å². The Morgan fingerprint density at radius 2 is 2.00 bits per heavy atom. The normalized spacial score (nSPS) is 13.4. The zero-order valence-corrected chi connectivity index (χ0v) is 9.77. The standard InChI is InChI=1S/C10H19OSi/c1-7-10(12(4,5)6)9(3)11-8-2/h8-9H,1H2,2-6H3/q+1. The topological polar surface area (TPSA) is 9.23 Å². The van der Waals surface area contributed by atoms with Gasteiger partial charge in [-0.1, -0.05) is 26.2 Å². The Balaban J connectivity index is 4.49. The van der Waals surface area contributed by atoms with Crippen LogP contribution in [0.4, 0.5) is 0 Å². The Morgan fingerprint density at radius 1 is 1.50 bits per heavy atom. The van der Waals surface area contributed by atoms with Crippen molar-refractivity contribution in [2.24, 2.45) is 0 Å². The Kier molecular flexibility index (Phi) is 4.39. The first-order valence-corrected chi connectivity index (χ1v) is 7.77. The van der Waals surface area contributed by atoms with Crippen LogP contribution in [0.1, 0.15) is 13.8 Å². The molecule has 1 unspecified atom stereocenters. The predicted octanol–water partition coefficient (Wildman–Crippen LogP) is 3.16. The SMILES string of the molecule is C=C=C(C(C)O[CH+]C)[Si](C)(C)C. The third-order valence-electron chi connectivity index (χ3n) is 1.75. The molecule has 1 atom stereocenters. The van der Waals surface area contributed by atoms with Crippen molar-refractivity contribution in [3.05, 3.63) is 24.1 Å². The van der Waals surface area contributed by atoms with Crippen molar-refractivity contribution in [2.75, 3.05) is 0 Å². The highest BCUT2D eigenvalue weighted by molar-refractivity contribution is 6.83. The zero-order chi connectivity index (χ0) is 9.78. The predicted molar refractivity (Wildman–Crippen MR) is 56.5 cm³/mol. The Bertz CT molecular complexity index is 185. The summed E-state index contributed by atoms with van der Waals surface area (Å²) in [5.74, 6) is 0. The highest BCUT2D eigenvalue weighted by Crippen LogP contribution is 2.19. The summed E-state index contributed by atoms with van der Waals surface area (Å²) in [6.07, 6.45) is 0.138. The molecule has 0 aromatic rings. The number of rotatable bonds is 4. The Labute approximate surface area is 77.1 Å². The van der Waals surface area contributed by atoms with Gasteiger partial charge >= 0.3 is 0 Å². The lowest BCUT2D eigenvalue weighted by Crippen LogP contribution is -2.31. The van der Waals surface area contributed by atoms with Gasteiger partial charge in [-0.15, -0.1) is 5.73 Å². The van der Waals surface area contributed by atoms with Gasteiger partial charge in [-0.25, -0.2) is 0 Å². The van der Waals surface area contributed by atoms with Crippen molar-refractivity contribution in [3.8, 4) is 0 Å². The van der Waals surface area contributed by atoms with Crippen molar-refractivity contribution in [1.82, 2.24) is 0 Å². The van der Waals surface area contributed by atoms with Gasteiger partial charge in [-0.3, -0.25) is 0 Å². The largest absolute Gasteiger partial charge is 0.225 e. The lowest BCUT2D eigenvalue weighted by atomic mass is 10.4. The van der Waals surface area contributed by atoms with E-state index in [1.54, 1.807) is 6.61 Å². The van der Waals surface area contributed by atoms with Gasteiger partial charge in [0.15, 0.2) is 0 Å². The quantitative estimate of drug-likeness (QED) is 0.369. The molecule has 0 N–H and O–H groups in total. The molecule has 68 valence electrons. The number of ether oxygens (including phenoxy) is 1. The highest BCUT2D eigenvalue weighted by atomic mass is 28.3. The van der Waals surface area contributed by atoms with Crippen molar-refractivity contribution in [2.45, 2.75) is 39.6 Å². The van der Waals surface area contributed by atoms with Crippen molar-refractivity contribution in [1.29, 1.82) is 0 Å². The monoisotopic (exact) mass is 183 g/mol. The fourth-order valence-electron chi connectivity index (χ4n) is 1.29. The molecule has 0 amide bonds. The van der Waals surface area contributed by atoms with Crippen LogP contribution in [-0.4, -0.2) is 14.2 Å². The van der Waals surface area contributed by atoms with E-state index < -0.39 is 8.07 Å². The van der Waals surface area contributed by atoms with Gasteiger partial charge in [0.1, 0.15) is 13.0 Å². The second-order valence-corrected chi connectivity index (χ2v) is 8.89. The van der Waals surface area contributed by atoms with Gasteiger partial charge in [0, 0.05) is 0 Å². The second-order valence-electron chi connectivity index (χ2n) is 3.85. The third-order valence-corrected chi connectivity index (χ3v) is 3.94. The van der Waals surface area contributed by atoms with Crippen molar-refractivity contribution >= 4 is 8.07 Å². The van der Waals surface area contributed by atoms with E-state index in [4.69, 9.17) is 4.74 Å². The Morgan fingerprint density at radius 3 is 2.25 bits per heavy atom. The molecule has 0 rings (SSSR count). The van der Waals surface area contributed by atoms with E-state index in [0.717, 1.165) is 0 Å². The van der Waals surface area contributed by atoms with Gasteiger partial charge in [-0.05, 0) is 12.1 Å². The van der Waals surface area contributed by atoms with Crippen molar-refractivity contribution < 1.29 is 4.74 Å². The first kappa shape index (κ1) is 11.6. The second kappa shape index (κ2) is 4.56. The number of hydrogen-bond donors (Lipinski definition) is 0. The zero-order valence-electron chi connectivity index (χ0n) is 8.77. The molecule has 12 heavy (non-hydrogen) atoms. The molecule has 2 heteroatoms. The van der Waals surface area contributed by atoms with Gasteiger partial charge in [-0.2, -0.15) is 4.74 Å². The van der Waals surface area contributed by atoms with Crippen LogP contribution in [0.2, 0.25) is 19.6 Å². The van der Waals surface area contributed by atoms with Crippen LogP contribution in [0.5, 0.6) is 0 Å². The summed E-state index contributed by atoms with van der Waals surface area (Å²) in [5, 5.41) is 1.25. The van der Waals surface area contributed by atoms with Crippen molar-refractivity contribution in [3.63, 3.8) is 0 Å². The molecule has 0 aliphatic rings. The number of hydrogen-bond acceptors (Lipinski definition) is 1. The van der Waals surface area contributed by atoms with Crippen LogP contribution in [0.25, 0.3) is 0 Å². The summed E-state index contributed by atoms with van der Waals surface area (Å²) in [4.78, 5) is 0. The summed E-state index contributed by atoms with van der Waals surface area (Å²) in [5.41, 5.74) is 3.01. The smallest absolute Gasteiger partial charge is 0.189 e. The molecular weight excluding hydrogens is 164 g/mol. The van der Waals surface area contributed by atoms with E-state index >= 15 is 0 Å². The molecule has 0 fully saturated rings. The minimum atomic E-state index is -1.29. The summed E-state index contributed by atoms with van der Waals surface area (Å²) >= 11 is 0. The van der Waals surface area contributed by atoms with E-state index in [2.05, 4.69) is 32.0 Å². The summed E-state index contributed by atoms with van der Waals surface area (Å²) in [6, 6.07) is 0. The van der Waals surface area contributed by atoms with E-state index in [-0.39, 0.29) is 6.10 Å². The van der Waals surface area contributed by atoms with Crippen LogP contribution >= 0.6 is 0 Å². The highest BCUT2D eigenvalue weighted by Gasteiger charge is 2.26. The van der Waals surface area contributed by atoms with Gasteiger partial charge in [0.05, 0.1) is 8.07 Å². The first-order chi connectivity index (χ1) is 5.43. The van der Waals surface area contributed by atoms with Crippen LogP contribution in [-0.2, 0) is 4.74 Å². The minimum Gasteiger partial charge on any atom is -0.189 e. The third kappa shape index (κ3) is 3.31. The average molecular weight is 183 g/mol. The molecule has 0 saturated carbocycles. The molecule has 0 aliphatic heterocycles. The molecule has 0 aromatic carbocycles. The van der Waals surface area contributed by atoms with E-state index in [1.165, 1.54) is 5.20 Å². The van der Waals surface area contributed by atoms with E-state index in [0.29, 0.717) is 0 Å².